The SMILES string of the molecule is O=[C]Oc1ccno1. The molecule has 0 aliphatic carbocycles. The van der Waals surface area contributed by atoms with Crippen LogP contribution in [0.1, 0.15) is 0 Å². The molecule has 4 heteroatoms. The van der Waals surface area contributed by atoms with E-state index in [1.165, 1.54) is 18.7 Å². The number of hydrogen-bond donors (Lipinski definition) is 0. The van der Waals surface area contributed by atoms with Gasteiger partial charge in [-0.2, -0.15) is 0 Å². The molecular weight excluding hydrogens is 110 g/mol. The molecule has 0 amide bonds. The van der Waals surface area contributed by atoms with Crippen molar-refractivity contribution < 1.29 is 14.1 Å². The van der Waals surface area contributed by atoms with Crippen LogP contribution in [0.4, 0.5) is 0 Å². The molecule has 0 spiro atoms. The van der Waals surface area contributed by atoms with E-state index in [-0.39, 0.29) is 5.95 Å². The van der Waals surface area contributed by atoms with Gasteiger partial charge in [-0.05, 0) is 0 Å². The first-order valence-electron chi connectivity index (χ1n) is 1.88. The fourth-order valence-electron chi connectivity index (χ4n) is 0.298. The zero-order chi connectivity index (χ0) is 5.82. The van der Waals surface area contributed by atoms with E-state index in [9.17, 15) is 4.79 Å². The summed E-state index contributed by atoms with van der Waals surface area (Å²) in [6.07, 6.45) is 1.37. The lowest BCUT2D eigenvalue weighted by Gasteiger charge is -1.79. The lowest BCUT2D eigenvalue weighted by molar-refractivity contribution is 0.300. The summed E-state index contributed by atoms with van der Waals surface area (Å²) in [5.74, 6) is 0.0556. The Labute approximate surface area is 45.0 Å². The molecule has 0 fully saturated rings. The van der Waals surface area contributed by atoms with Crippen LogP contribution < -0.4 is 4.74 Å². The van der Waals surface area contributed by atoms with Crippen LogP contribution in [0.5, 0.6) is 5.95 Å². The minimum absolute atomic E-state index is 0.0556. The summed E-state index contributed by atoms with van der Waals surface area (Å²) < 4.78 is 8.45. The third-order valence-electron chi connectivity index (χ3n) is 0.556. The molecule has 1 rings (SSSR count). The van der Waals surface area contributed by atoms with E-state index in [2.05, 4.69) is 14.4 Å². The van der Waals surface area contributed by atoms with Gasteiger partial charge in [0.1, 0.15) is 0 Å². The van der Waals surface area contributed by atoms with Crippen molar-refractivity contribution in [2.45, 2.75) is 0 Å². The number of hydrogen-bond acceptors (Lipinski definition) is 4. The Kier molecular flexibility index (Phi) is 1.27. The second-order valence-corrected chi connectivity index (χ2v) is 1.02. The Balaban J connectivity index is 2.62. The molecule has 0 atom stereocenters. The van der Waals surface area contributed by atoms with Crippen molar-refractivity contribution in [1.29, 1.82) is 0 Å². The predicted octanol–water partition coefficient (Wildman–Crippen LogP) is 0.121. The van der Waals surface area contributed by atoms with E-state index < -0.39 is 0 Å². The lowest BCUT2D eigenvalue weighted by atomic mass is 10.7. The molecule has 4 nitrogen and oxygen atoms in total. The van der Waals surface area contributed by atoms with Gasteiger partial charge < -0.3 is 9.26 Å². The summed E-state index contributed by atoms with van der Waals surface area (Å²) in [5, 5.41) is 3.26. The van der Waals surface area contributed by atoms with Gasteiger partial charge in [-0.1, -0.05) is 5.16 Å². The first-order valence-corrected chi connectivity index (χ1v) is 1.88. The molecular formula is C4H2NO3. The van der Waals surface area contributed by atoms with Crippen LogP contribution in [0.2, 0.25) is 0 Å². The van der Waals surface area contributed by atoms with Crippen molar-refractivity contribution in [3.63, 3.8) is 0 Å². The highest BCUT2D eigenvalue weighted by atomic mass is 16.6. The van der Waals surface area contributed by atoms with Gasteiger partial charge in [0.05, 0.1) is 6.20 Å². The van der Waals surface area contributed by atoms with E-state index in [0.717, 1.165) is 0 Å². The second-order valence-electron chi connectivity index (χ2n) is 1.02. The smallest absolute Gasteiger partial charge is 0.382 e. The summed E-state index contributed by atoms with van der Waals surface area (Å²) in [4.78, 5) is 9.44. The van der Waals surface area contributed by atoms with Crippen molar-refractivity contribution in [1.82, 2.24) is 5.16 Å². The molecule has 0 bridgehead atoms. The molecule has 41 valence electrons. The van der Waals surface area contributed by atoms with Gasteiger partial charge in [0.25, 0.3) is 0 Å². The maximum atomic E-state index is 9.44. The molecule has 1 aromatic heterocycles. The van der Waals surface area contributed by atoms with E-state index >= 15 is 0 Å². The van der Waals surface area contributed by atoms with Crippen molar-refractivity contribution in [3.05, 3.63) is 12.3 Å². The van der Waals surface area contributed by atoms with Crippen molar-refractivity contribution in [2.75, 3.05) is 0 Å². The van der Waals surface area contributed by atoms with Gasteiger partial charge in [-0.15, -0.1) is 0 Å². The molecule has 0 unspecified atom stereocenters. The summed E-state index contributed by atoms with van der Waals surface area (Å²) in [5.41, 5.74) is 0. The monoisotopic (exact) mass is 112 g/mol. The molecule has 0 N–H and O–H groups in total. The number of aromatic nitrogens is 1. The van der Waals surface area contributed by atoms with Crippen LogP contribution in [0.15, 0.2) is 16.8 Å². The van der Waals surface area contributed by atoms with Crippen LogP contribution in [0.3, 0.4) is 0 Å². The second kappa shape index (κ2) is 2.11. The Morgan fingerprint density at radius 3 is 3.25 bits per heavy atom. The Morgan fingerprint density at radius 1 is 1.88 bits per heavy atom. The Bertz CT molecular complexity index is 158. The zero-order valence-corrected chi connectivity index (χ0v) is 3.83. The summed E-state index contributed by atoms with van der Waals surface area (Å²) in [7, 11) is 0. The lowest BCUT2D eigenvalue weighted by Crippen LogP contribution is -1.83. The molecule has 0 saturated carbocycles. The fraction of sp³-hybridized carbons (Fsp3) is 0. The van der Waals surface area contributed by atoms with Crippen LogP contribution >= 0.6 is 0 Å². The van der Waals surface area contributed by atoms with Gasteiger partial charge in [0.2, 0.25) is 0 Å². The van der Waals surface area contributed by atoms with Crippen LogP contribution in [0.25, 0.3) is 0 Å². The normalized spacial score (nSPS) is 8.50. The van der Waals surface area contributed by atoms with Crippen molar-refractivity contribution in [3.8, 4) is 5.95 Å². The summed E-state index contributed by atoms with van der Waals surface area (Å²) in [6, 6.07) is 1.41. The number of nitrogens with zero attached hydrogens (tertiary/aromatic N) is 1. The number of ether oxygens (including phenoxy) is 1. The third kappa shape index (κ3) is 0.841. The minimum Gasteiger partial charge on any atom is -0.382 e. The van der Waals surface area contributed by atoms with Crippen molar-refractivity contribution >= 4 is 6.47 Å². The van der Waals surface area contributed by atoms with Gasteiger partial charge in [0, 0.05) is 6.07 Å². The van der Waals surface area contributed by atoms with Gasteiger partial charge >= 0.3 is 12.4 Å². The van der Waals surface area contributed by atoms with Gasteiger partial charge in [-0.25, -0.2) is 4.79 Å². The average molecular weight is 112 g/mol. The first kappa shape index (κ1) is 4.83. The van der Waals surface area contributed by atoms with E-state index in [0.29, 0.717) is 0 Å². The average Bonchev–Trinajstić information content (AvgIpc) is 2.19. The van der Waals surface area contributed by atoms with Crippen LogP contribution in [0, 0.1) is 0 Å². The largest absolute Gasteiger partial charge is 0.425 e. The summed E-state index contributed by atoms with van der Waals surface area (Å²) >= 11 is 0. The Hall–Kier alpha value is -1.32. The topological polar surface area (TPSA) is 52.3 Å². The molecule has 0 saturated heterocycles. The van der Waals surface area contributed by atoms with Crippen LogP contribution in [-0.2, 0) is 4.79 Å². The number of carbonyl (C=O) groups excluding carboxylic acids is 1. The van der Waals surface area contributed by atoms with Gasteiger partial charge in [-0.3, -0.25) is 0 Å². The van der Waals surface area contributed by atoms with Gasteiger partial charge in [0.15, 0.2) is 0 Å². The van der Waals surface area contributed by atoms with Crippen molar-refractivity contribution in [2.24, 2.45) is 0 Å². The maximum Gasteiger partial charge on any atom is 0.425 e. The Morgan fingerprint density at radius 2 is 2.75 bits per heavy atom. The molecule has 8 heavy (non-hydrogen) atoms. The highest BCUT2D eigenvalue weighted by molar-refractivity contribution is 5.42. The van der Waals surface area contributed by atoms with E-state index in [1.807, 2.05) is 0 Å². The standard InChI is InChI=1S/C4H2NO3/c6-3-7-4-1-2-5-8-4/h1-2H. The predicted molar refractivity (Wildman–Crippen MR) is 22.8 cm³/mol. The fourth-order valence-corrected chi connectivity index (χ4v) is 0.298. The molecule has 1 heterocycles. The maximum absolute atomic E-state index is 9.44. The zero-order valence-electron chi connectivity index (χ0n) is 3.83. The first-order chi connectivity index (χ1) is 3.93. The molecule has 0 aliphatic rings. The third-order valence-corrected chi connectivity index (χ3v) is 0.556. The summed E-state index contributed by atoms with van der Waals surface area (Å²) in [6.45, 7) is 1.19. The van der Waals surface area contributed by atoms with Crippen LogP contribution in [-0.4, -0.2) is 11.6 Å². The quantitative estimate of drug-likeness (QED) is 0.545. The molecule has 1 radical (unpaired) electrons. The molecule has 1 aromatic rings. The van der Waals surface area contributed by atoms with E-state index in [1.54, 1.807) is 0 Å². The molecule has 0 aliphatic heterocycles. The van der Waals surface area contributed by atoms with E-state index in [4.69, 9.17) is 0 Å². The minimum atomic E-state index is 0.0556. The molecule has 0 aromatic carbocycles. The highest BCUT2D eigenvalue weighted by Gasteiger charge is 1.92. The number of rotatable bonds is 2. The highest BCUT2D eigenvalue weighted by Crippen LogP contribution is 2.04.